The molecule has 0 aliphatic carbocycles. The minimum absolute atomic E-state index is 0.0501. The van der Waals surface area contributed by atoms with Gasteiger partial charge in [-0.05, 0) is 19.1 Å². The summed E-state index contributed by atoms with van der Waals surface area (Å²) < 4.78 is 0. The number of amides is 2. The van der Waals surface area contributed by atoms with Crippen molar-refractivity contribution >= 4 is 50.8 Å². The zero-order valence-electron chi connectivity index (χ0n) is 12.4. The van der Waals surface area contributed by atoms with Crippen LogP contribution < -0.4 is 16.6 Å². The van der Waals surface area contributed by atoms with Gasteiger partial charge in [0.1, 0.15) is 10.7 Å². The lowest BCUT2D eigenvalue weighted by atomic mass is 10.0. The topological polar surface area (TPSA) is 101 Å². The molecule has 0 aliphatic rings. The van der Waals surface area contributed by atoms with Gasteiger partial charge in [0, 0.05) is 26.0 Å². The van der Waals surface area contributed by atoms with Crippen molar-refractivity contribution in [2.75, 3.05) is 0 Å². The summed E-state index contributed by atoms with van der Waals surface area (Å²) >= 11 is 13.6. The first-order chi connectivity index (χ1) is 11.4. The molecule has 0 atom stereocenters. The number of benzene rings is 1. The molecule has 0 bridgehead atoms. The van der Waals surface area contributed by atoms with Gasteiger partial charge in [0.25, 0.3) is 5.56 Å². The van der Waals surface area contributed by atoms with Crippen LogP contribution in [0.15, 0.2) is 23.0 Å². The largest absolute Gasteiger partial charge is 0.352 e. The van der Waals surface area contributed by atoms with Gasteiger partial charge in [0.2, 0.25) is 0 Å². The number of carbonyl (C=O) groups is 1. The molecule has 1 aromatic carbocycles. The number of fused-ring (bicyclic) bond motifs is 1. The maximum Gasteiger partial charge on any atom is 0.312 e. The van der Waals surface area contributed by atoms with E-state index < -0.39 is 6.03 Å². The average molecular weight is 383 g/mol. The van der Waals surface area contributed by atoms with E-state index in [1.54, 1.807) is 18.2 Å². The lowest BCUT2D eigenvalue weighted by Gasteiger charge is -2.06. The highest BCUT2D eigenvalue weighted by Crippen LogP contribution is 2.39. The summed E-state index contributed by atoms with van der Waals surface area (Å²) in [5.41, 5.74) is 6.19. The van der Waals surface area contributed by atoms with Crippen LogP contribution in [0.5, 0.6) is 0 Å². The molecule has 4 N–H and O–H groups in total. The predicted octanol–water partition coefficient (Wildman–Crippen LogP) is 3.44. The van der Waals surface area contributed by atoms with Crippen LogP contribution in [0.3, 0.4) is 0 Å². The van der Waals surface area contributed by atoms with Gasteiger partial charge in [-0.3, -0.25) is 4.79 Å². The van der Waals surface area contributed by atoms with Crippen molar-refractivity contribution in [3.8, 4) is 11.1 Å². The van der Waals surface area contributed by atoms with E-state index >= 15 is 0 Å². The van der Waals surface area contributed by atoms with Crippen LogP contribution in [0.25, 0.3) is 21.3 Å². The molecule has 124 valence electrons. The van der Waals surface area contributed by atoms with Crippen molar-refractivity contribution in [1.29, 1.82) is 0 Å². The minimum Gasteiger partial charge on any atom is -0.352 e. The number of rotatable bonds is 3. The van der Waals surface area contributed by atoms with Crippen molar-refractivity contribution in [3.05, 3.63) is 49.3 Å². The van der Waals surface area contributed by atoms with Gasteiger partial charge < -0.3 is 16.0 Å². The molecule has 6 nitrogen and oxygen atoms in total. The van der Waals surface area contributed by atoms with Crippen molar-refractivity contribution in [2.45, 2.75) is 13.5 Å². The smallest absolute Gasteiger partial charge is 0.312 e. The molecule has 3 rings (SSSR count). The standard InChI is InChI=1S/C15H12Cl2N4O2S/c1-6-11(8-3-2-7(16)4-9(8)17)12-13(22)20-10(5-19-15(18)23)21-14(12)24-6/h2-4H,5H2,1H3,(H3,18,19,23)(H,20,21,22). The summed E-state index contributed by atoms with van der Waals surface area (Å²) in [5, 5.41) is 3.84. The molecule has 0 aliphatic heterocycles. The molecule has 9 heteroatoms. The van der Waals surface area contributed by atoms with Gasteiger partial charge in [-0.25, -0.2) is 9.78 Å². The molecule has 0 unspecified atom stereocenters. The number of nitrogens with one attached hydrogen (secondary N) is 2. The normalized spacial score (nSPS) is 11.0. The summed E-state index contributed by atoms with van der Waals surface area (Å²) in [7, 11) is 0. The predicted molar refractivity (Wildman–Crippen MR) is 96.9 cm³/mol. The highest BCUT2D eigenvalue weighted by molar-refractivity contribution is 7.19. The number of H-pyrrole nitrogens is 1. The molecule has 2 heterocycles. The maximum atomic E-state index is 12.5. The van der Waals surface area contributed by atoms with Crippen molar-refractivity contribution in [1.82, 2.24) is 15.3 Å². The Morgan fingerprint density at radius 1 is 1.42 bits per heavy atom. The van der Waals surface area contributed by atoms with E-state index in [2.05, 4.69) is 15.3 Å². The summed E-state index contributed by atoms with van der Waals surface area (Å²) in [6.45, 7) is 1.95. The fraction of sp³-hybridized carbons (Fsp3) is 0.133. The van der Waals surface area contributed by atoms with Crippen LogP contribution in [0.1, 0.15) is 10.7 Å². The molecule has 3 aromatic rings. The number of hydrogen-bond donors (Lipinski definition) is 3. The van der Waals surface area contributed by atoms with E-state index in [9.17, 15) is 9.59 Å². The molecular formula is C15H12Cl2N4O2S. The molecule has 0 radical (unpaired) electrons. The molecule has 0 fully saturated rings. The third-order valence-corrected chi connectivity index (χ3v) is 4.96. The summed E-state index contributed by atoms with van der Waals surface area (Å²) in [4.78, 5) is 31.8. The Morgan fingerprint density at radius 3 is 2.83 bits per heavy atom. The van der Waals surface area contributed by atoms with Crippen LogP contribution in [-0.4, -0.2) is 16.0 Å². The van der Waals surface area contributed by atoms with E-state index in [0.717, 1.165) is 16.0 Å². The van der Waals surface area contributed by atoms with Crippen LogP contribution >= 0.6 is 34.5 Å². The number of carbonyl (C=O) groups excluding carboxylic acids is 1. The third-order valence-electron chi connectivity index (χ3n) is 3.42. The molecule has 24 heavy (non-hydrogen) atoms. The van der Waals surface area contributed by atoms with E-state index in [1.165, 1.54) is 11.3 Å². The summed E-state index contributed by atoms with van der Waals surface area (Å²) in [5.74, 6) is 0.335. The monoisotopic (exact) mass is 382 g/mol. The van der Waals surface area contributed by atoms with Gasteiger partial charge >= 0.3 is 6.03 Å². The highest BCUT2D eigenvalue weighted by Gasteiger charge is 2.18. The fourth-order valence-electron chi connectivity index (χ4n) is 2.43. The number of aryl methyl sites for hydroxylation is 1. The molecule has 2 amide bonds. The third kappa shape index (κ3) is 3.10. The van der Waals surface area contributed by atoms with Crippen LogP contribution in [0.2, 0.25) is 10.0 Å². The zero-order chi connectivity index (χ0) is 17.4. The maximum absolute atomic E-state index is 12.5. The Hall–Kier alpha value is -2.09. The Kier molecular flexibility index (Phi) is 4.49. The Balaban J connectivity index is 2.18. The number of nitrogens with zero attached hydrogens (tertiary/aromatic N) is 1. The lowest BCUT2D eigenvalue weighted by Crippen LogP contribution is -2.30. The second kappa shape index (κ2) is 6.43. The molecular weight excluding hydrogens is 371 g/mol. The number of halogens is 2. The number of aromatic nitrogens is 2. The van der Waals surface area contributed by atoms with E-state index in [0.29, 0.717) is 26.1 Å². The van der Waals surface area contributed by atoms with Gasteiger partial charge in [0.15, 0.2) is 0 Å². The molecule has 0 saturated carbocycles. The number of primary amides is 1. The first kappa shape index (κ1) is 16.8. The number of aromatic amines is 1. The zero-order valence-corrected chi connectivity index (χ0v) is 14.8. The average Bonchev–Trinajstić information content (AvgIpc) is 2.82. The summed E-state index contributed by atoms with van der Waals surface area (Å²) in [6, 6.07) is 4.45. The number of nitrogens with two attached hydrogens (primary N) is 1. The highest BCUT2D eigenvalue weighted by atomic mass is 35.5. The van der Waals surface area contributed by atoms with Crippen molar-refractivity contribution in [3.63, 3.8) is 0 Å². The number of urea groups is 1. The molecule has 2 aromatic heterocycles. The first-order valence-corrected chi connectivity index (χ1v) is 8.45. The van der Waals surface area contributed by atoms with Gasteiger partial charge in [-0.15, -0.1) is 11.3 Å². The van der Waals surface area contributed by atoms with Gasteiger partial charge in [0.05, 0.1) is 11.9 Å². The Labute approximate surface area is 150 Å². The fourth-order valence-corrected chi connectivity index (χ4v) is 3.99. The van der Waals surface area contributed by atoms with E-state index in [-0.39, 0.29) is 12.1 Å². The van der Waals surface area contributed by atoms with Crippen LogP contribution in [0.4, 0.5) is 4.79 Å². The second-order valence-electron chi connectivity index (χ2n) is 5.07. The summed E-state index contributed by atoms with van der Waals surface area (Å²) in [6.07, 6.45) is 0. The second-order valence-corrected chi connectivity index (χ2v) is 7.11. The Morgan fingerprint density at radius 2 is 2.17 bits per heavy atom. The quantitative estimate of drug-likeness (QED) is 0.646. The number of hydrogen-bond acceptors (Lipinski definition) is 4. The first-order valence-electron chi connectivity index (χ1n) is 6.88. The molecule has 0 saturated heterocycles. The lowest BCUT2D eigenvalue weighted by molar-refractivity contribution is 0.248. The molecule has 0 spiro atoms. The van der Waals surface area contributed by atoms with Crippen molar-refractivity contribution in [2.24, 2.45) is 5.73 Å². The van der Waals surface area contributed by atoms with Crippen molar-refractivity contribution < 1.29 is 4.79 Å². The van der Waals surface area contributed by atoms with E-state index in [1.807, 2.05) is 6.92 Å². The Bertz CT molecular complexity index is 1010. The SMILES string of the molecule is Cc1sc2nc(CNC(N)=O)[nH]c(=O)c2c1-c1ccc(Cl)cc1Cl. The van der Waals surface area contributed by atoms with Crippen LogP contribution in [0, 0.1) is 6.92 Å². The van der Waals surface area contributed by atoms with E-state index in [4.69, 9.17) is 28.9 Å². The minimum atomic E-state index is -0.686. The van der Waals surface area contributed by atoms with Crippen LogP contribution in [-0.2, 0) is 6.54 Å². The van der Waals surface area contributed by atoms with Gasteiger partial charge in [-0.2, -0.15) is 0 Å². The van der Waals surface area contributed by atoms with Gasteiger partial charge in [-0.1, -0.05) is 29.3 Å². The number of thiophene rings is 1.